The second-order valence-electron chi connectivity index (χ2n) is 4.52. The lowest BCUT2D eigenvalue weighted by molar-refractivity contribution is 0.499. The third-order valence-corrected chi connectivity index (χ3v) is 3.66. The molecular weight excluding hydrogens is 251 g/mol. The minimum Gasteiger partial charge on any atom is -0.466 e. The molecule has 1 heterocycles. The van der Waals surface area contributed by atoms with Crippen LogP contribution in [-0.2, 0) is 6.42 Å². The molecule has 2 rings (SSSR count). The molecule has 18 heavy (non-hydrogen) atoms. The highest BCUT2D eigenvalue weighted by Crippen LogP contribution is 2.33. The number of rotatable bonds is 3. The van der Waals surface area contributed by atoms with Crippen molar-refractivity contribution in [1.29, 1.82) is 0 Å². The molecule has 1 aromatic carbocycles. The van der Waals surface area contributed by atoms with Crippen LogP contribution >= 0.6 is 11.6 Å². The smallest absolute Gasteiger partial charge is 0.126 e. The van der Waals surface area contributed by atoms with Gasteiger partial charge in [-0.15, -0.1) is 11.6 Å². The lowest BCUT2D eigenvalue weighted by Crippen LogP contribution is -2.00. The van der Waals surface area contributed by atoms with E-state index in [1.165, 1.54) is 6.07 Å². The molecule has 0 radical (unpaired) electrons. The van der Waals surface area contributed by atoms with Gasteiger partial charge in [-0.3, -0.25) is 0 Å². The van der Waals surface area contributed by atoms with Crippen molar-refractivity contribution in [3.63, 3.8) is 0 Å². The Hall–Kier alpha value is -1.28. The molecule has 1 unspecified atom stereocenters. The molecule has 2 aromatic rings. The summed E-state index contributed by atoms with van der Waals surface area (Å²) in [6.07, 6.45) is 0.467. The van der Waals surface area contributed by atoms with Crippen molar-refractivity contribution >= 4 is 11.6 Å². The first-order valence-corrected chi connectivity index (χ1v) is 6.38. The number of hydrogen-bond acceptors (Lipinski definition) is 1. The second-order valence-corrected chi connectivity index (χ2v) is 5.04. The minimum absolute atomic E-state index is 0.210. The number of halogens is 2. The van der Waals surface area contributed by atoms with Crippen LogP contribution in [0.2, 0.25) is 0 Å². The fourth-order valence-electron chi connectivity index (χ4n) is 2.23. The van der Waals surface area contributed by atoms with E-state index < -0.39 is 0 Å². The zero-order valence-electron chi connectivity index (χ0n) is 10.8. The molecule has 1 aromatic heterocycles. The standard InChI is InChI=1S/C15H16ClFO/c1-9-10(2)18-11(3)15(9)13(16)8-12-6-4-5-7-14(12)17/h4-7,13H,8H2,1-3H3. The molecule has 0 spiro atoms. The first-order valence-electron chi connectivity index (χ1n) is 5.94. The van der Waals surface area contributed by atoms with Gasteiger partial charge < -0.3 is 4.42 Å². The lowest BCUT2D eigenvalue weighted by atomic mass is 10.0. The van der Waals surface area contributed by atoms with Crippen LogP contribution in [0.1, 0.15) is 33.6 Å². The first-order chi connectivity index (χ1) is 8.50. The second kappa shape index (κ2) is 5.15. The predicted octanol–water partition coefficient (Wildman–Crippen LogP) is 4.87. The summed E-state index contributed by atoms with van der Waals surface area (Å²) in [4.78, 5) is 0. The first kappa shape index (κ1) is 13.2. The van der Waals surface area contributed by atoms with E-state index in [4.69, 9.17) is 16.0 Å². The van der Waals surface area contributed by atoms with Crippen LogP contribution in [0.3, 0.4) is 0 Å². The van der Waals surface area contributed by atoms with Crippen molar-refractivity contribution in [2.24, 2.45) is 0 Å². The Morgan fingerprint density at radius 3 is 2.39 bits per heavy atom. The largest absolute Gasteiger partial charge is 0.466 e. The van der Waals surface area contributed by atoms with Crippen molar-refractivity contribution in [3.05, 3.63) is 58.3 Å². The molecule has 1 atom stereocenters. The maximum Gasteiger partial charge on any atom is 0.126 e. The SMILES string of the molecule is Cc1oc(C)c(C(Cl)Cc2ccccc2F)c1C. The van der Waals surface area contributed by atoms with E-state index in [0.717, 1.165) is 22.6 Å². The van der Waals surface area contributed by atoms with Crippen molar-refractivity contribution in [2.75, 3.05) is 0 Å². The Labute approximate surface area is 112 Å². The molecule has 0 amide bonds. The van der Waals surface area contributed by atoms with Gasteiger partial charge in [-0.1, -0.05) is 18.2 Å². The van der Waals surface area contributed by atoms with Gasteiger partial charge in [0.15, 0.2) is 0 Å². The van der Waals surface area contributed by atoms with Crippen LogP contribution in [0.4, 0.5) is 4.39 Å². The third kappa shape index (κ3) is 2.44. The average Bonchev–Trinajstić information content (AvgIpc) is 2.56. The van der Waals surface area contributed by atoms with Gasteiger partial charge in [0, 0.05) is 5.56 Å². The summed E-state index contributed by atoms with van der Waals surface area (Å²) < 4.78 is 19.1. The molecular formula is C15H16ClFO. The number of aryl methyl sites for hydroxylation is 2. The highest BCUT2D eigenvalue weighted by molar-refractivity contribution is 6.21. The molecule has 0 saturated heterocycles. The summed E-state index contributed by atoms with van der Waals surface area (Å²) in [6.45, 7) is 5.79. The van der Waals surface area contributed by atoms with Crippen LogP contribution in [-0.4, -0.2) is 0 Å². The van der Waals surface area contributed by atoms with E-state index >= 15 is 0 Å². The fourth-order valence-corrected chi connectivity index (χ4v) is 2.71. The zero-order chi connectivity index (χ0) is 13.3. The van der Waals surface area contributed by atoms with E-state index in [1.54, 1.807) is 12.1 Å². The molecule has 0 bridgehead atoms. The maximum atomic E-state index is 13.6. The van der Waals surface area contributed by atoms with E-state index in [0.29, 0.717) is 12.0 Å². The predicted molar refractivity (Wildman–Crippen MR) is 71.6 cm³/mol. The van der Waals surface area contributed by atoms with Gasteiger partial charge in [0.05, 0.1) is 5.38 Å². The normalized spacial score (nSPS) is 12.7. The summed E-state index contributed by atoms with van der Waals surface area (Å²) in [7, 11) is 0. The molecule has 0 N–H and O–H groups in total. The van der Waals surface area contributed by atoms with Gasteiger partial charge in [-0.2, -0.15) is 0 Å². The summed E-state index contributed by atoms with van der Waals surface area (Å²) in [6, 6.07) is 6.73. The molecule has 0 aliphatic carbocycles. The molecule has 0 aliphatic heterocycles. The highest BCUT2D eigenvalue weighted by Gasteiger charge is 2.20. The molecule has 1 nitrogen and oxygen atoms in total. The number of alkyl halides is 1. The van der Waals surface area contributed by atoms with Crippen LogP contribution in [0.25, 0.3) is 0 Å². The highest BCUT2D eigenvalue weighted by atomic mass is 35.5. The number of benzene rings is 1. The molecule has 0 fully saturated rings. The van der Waals surface area contributed by atoms with Gasteiger partial charge in [-0.05, 0) is 44.4 Å². The Morgan fingerprint density at radius 1 is 1.17 bits per heavy atom. The Kier molecular flexibility index (Phi) is 3.76. The monoisotopic (exact) mass is 266 g/mol. The van der Waals surface area contributed by atoms with Crippen molar-refractivity contribution in [1.82, 2.24) is 0 Å². The van der Waals surface area contributed by atoms with Gasteiger partial charge in [0.25, 0.3) is 0 Å². The summed E-state index contributed by atoms with van der Waals surface area (Å²) >= 11 is 6.41. The van der Waals surface area contributed by atoms with Crippen molar-refractivity contribution < 1.29 is 8.81 Å². The van der Waals surface area contributed by atoms with Crippen LogP contribution in [0, 0.1) is 26.6 Å². The van der Waals surface area contributed by atoms with E-state index in [2.05, 4.69) is 0 Å². The zero-order valence-corrected chi connectivity index (χ0v) is 11.5. The van der Waals surface area contributed by atoms with Crippen molar-refractivity contribution in [3.8, 4) is 0 Å². The Bertz CT molecular complexity index is 560. The topological polar surface area (TPSA) is 13.1 Å². The van der Waals surface area contributed by atoms with Gasteiger partial charge >= 0.3 is 0 Å². The summed E-state index contributed by atoms with van der Waals surface area (Å²) in [5.41, 5.74) is 2.68. The lowest BCUT2D eigenvalue weighted by Gasteiger charge is -2.11. The van der Waals surface area contributed by atoms with Gasteiger partial charge in [0.2, 0.25) is 0 Å². The number of furan rings is 1. The van der Waals surface area contributed by atoms with Crippen molar-refractivity contribution in [2.45, 2.75) is 32.6 Å². The van der Waals surface area contributed by atoms with Crippen LogP contribution < -0.4 is 0 Å². The number of hydrogen-bond donors (Lipinski definition) is 0. The van der Waals surface area contributed by atoms with E-state index in [9.17, 15) is 4.39 Å². The fraction of sp³-hybridized carbons (Fsp3) is 0.333. The van der Waals surface area contributed by atoms with Gasteiger partial charge in [0.1, 0.15) is 17.3 Å². The third-order valence-electron chi connectivity index (χ3n) is 3.29. The Balaban J connectivity index is 2.28. The molecule has 0 saturated carbocycles. The maximum absolute atomic E-state index is 13.6. The van der Waals surface area contributed by atoms with E-state index in [1.807, 2.05) is 26.8 Å². The van der Waals surface area contributed by atoms with E-state index in [-0.39, 0.29) is 11.2 Å². The minimum atomic E-state index is -0.264. The molecule has 0 aliphatic rings. The van der Waals surface area contributed by atoms with Crippen LogP contribution in [0.5, 0.6) is 0 Å². The Morgan fingerprint density at radius 2 is 1.83 bits per heavy atom. The molecule has 3 heteroatoms. The molecule has 96 valence electrons. The van der Waals surface area contributed by atoms with Crippen LogP contribution in [0.15, 0.2) is 28.7 Å². The quantitative estimate of drug-likeness (QED) is 0.723. The average molecular weight is 267 g/mol. The summed E-state index contributed by atoms with van der Waals surface area (Å²) in [5, 5.41) is -0.264. The summed E-state index contributed by atoms with van der Waals surface area (Å²) in [5.74, 6) is 1.49. The van der Waals surface area contributed by atoms with Gasteiger partial charge in [-0.25, -0.2) is 4.39 Å².